The standard InChI is InChI=1S/C67H123N33O14/c1-37(101)91-49(35-38-21-23-39(102)24-22-38)53(106)90-36-51(104)92-41(16-8-30-85-63(73)74)54(107)94-42(13-3-5-27-68)56(109)95-43(14-4-6-28-83-2)57(110)97-45(18-10-32-87-65(77)78)58(111)98-47(20-12-34-89-67(81)82)60(113)100-48(25-26-50(69)103)61(114)99-46(19-11-33-88-66(79)80)59(112)96-44(17-9-31-86-64(75)76)55(108)93-40(52(70)105)15-7-29-84-62(71)72/h21-24,40-49,83,102H,3-20,25-36,68H2,1-2H3,(H2,69,103)(H2,70,105)(H,90,106)(H,91,101)(H,92,104)(H,93,108)(H,94,107)(H,95,109)(H,96,112)(H,97,110)(H,98,111)(H,99,114)(H,100,113)(H4,71,72,84)(H4,73,74,85)(H4,75,76,86)(H4,77,78,87)(H4,79,80,88)(H4,81,82,89)/t40-,41-,42-,43-,44-,45-,46-,47-,48-,49-/m0/s1. The van der Waals surface area contributed by atoms with E-state index in [1.807, 2.05) is 0 Å². The molecule has 47 heteroatoms. The van der Waals surface area contributed by atoms with Crippen LogP contribution in [-0.4, -0.2) is 244 Å². The van der Waals surface area contributed by atoms with Gasteiger partial charge in [-0.05, 0) is 160 Å². The number of hydrogen-bond donors (Lipinski definition) is 28. The molecule has 0 saturated heterocycles. The van der Waals surface area contributed by atoms with Gasteiger partial charge in [0.2, 0.25) is 76.8 Å². The van der Waals surface area contributed by atoms with Crippen molar-refractivity contribution in [3.8, 4) is 5.75 Å². The molecule has 1 aromatic rings. The van der Waals surface area contributed by atoms with Gasteiger partial charge in [0.1, 0.15) is 66.2 Å². The molecule has 0 aliphatic rings. The molecule has 10 atom stereocenters. The molecule has 0 spiro atoms. The Bertz CT molecular complexity index is 3430. The number of aromatic hydroxyl groups is 1. The summed E-state index contributed by atoms with van der Waals surface area (Å²) in [6.45, 7) is 0.945. The summed E-state index contributed by atoms with van der Waals surface area (Å²) in [6, 6.07) is -8.75. The molecular weight excluding hydrogens is 1490 g/mol. The Morgan fingerprint density at radius 1 is 0.342 bits per heavy atom. The largest absolute Gasteiger partial charge is 0.508 e. The van der Waals surface area contributed by atoms with E-state index in [1.165, 1.54) is 19.1 Å². The molecule has 114 heavy (non-hydrogen) atoms. The molecule has 13 amide bonds. The van der Waals surface area contributed by atoms with E-state index in [4.69, 9.17) is 86.0 Å². The number of nitrogens with two attached hydrogens (primary N) is 15. The molecule has 0 radical (unpaired) electrons. The third kappa shape index (κ3) is 46.4. The van der Waals surface area contributed by atoms with Crippen LogP contribution in [0.2, 0.25) is 0 Å². The van der Waals surface area contributed by atoms with Gasteiger partial charge in [-0.3, -0.25) is 92.3 Å². The van der Waals surface area contributed by atoms with Gasteiger partial charge in [0.05, 0.1) is 6.54 Å². The molecule has 0 aromatic heterocycles. The van der Waals surface area contributed by atoms with E-state index in [9.17, 15) is 67.4 Å². The fourth-order valence-electron chi connectivity index (χ4n) is 10.9. The zero-order valence-corrected chi connectivity index (χ0v) is 64.9. The molecule has 0 heterocycles. The van der Waals surface area contributed by atoms with Crippen molar-refractivity contribution in [1.29, 1.82) is 0 Å². The first-order chi connectivity index (χ1) is 54.0. The number of carbonyl (C=O) groups is 13. The van der Waals surface area contributed by atoms with Gasteiger partial charge in [-0.15, -0.1) is 0 Å². The third-order valence-electron chi connectivity index (χ3n) is 16.7. The number of phenolic OH excluding ortho intramolecular Hbond substituents is 1. The lowest BCUT2D eigenvalue weighted by molar-refractivity contribution is -0.136. The maximum Gasteiger partial charge on any atom is 0.243 e. The van der Waals surface area contributed by atoms with Crippen LogP contribution >= 0.6 is 0 Å². The number of aliphatic imine (C=N–C) groups is 6. The van der Waals surface area contributed by atoms with E-state index in [1.54, 1.807) is 19.2 Å². The number of nitrogens with zero attached hydrogens (tertiary/aromatic N) is 6. The van der Waals surface area contributed by atoms with Crippen molar-refractivity contribution in [2.45, 2.75) is 202 Å². The van der Waals surface area contributed by atoms with Crippen molar-refractivity contribution in [2.75, 3.05) is 66.0 Å². The first-order valence-corrected chi connectivity index (χ1v) is 37.3. The Morgan fingerprint density at radius 3 is 0.904 bits per heavy atom. The number of phenols is 1. The Kier molecular flexibility index (Phi) is 49.7. The van der Waals surface area contributed by atoms with Gasteiger partial charge in [-0.1, -0.05) is 12.1 Å². The number of hydrogen-bond acceptors (Lipinski definition) is 22. The van der Waals surface area contributed by atoms with Crippen LogP contribution in [0, 0.1) is 0 Å². The van der Waals surface area contributed by atoms with Crippen molar-refractivity contribution < 1.29 is 67.4 Å². The van der Waals surface area contributed by atoms with Crippen molar-refractivity contribution in [3.05, 3.63) is 29.8 Å². The normalized spacial score (nSPS) is 13.4. The number of rotatable bonds is 60. The summed E-state index contributed by atoms with van der Waals surface area (Å²) in [5.74, 6) is -13.5. The highest BCUT2D eigenvalue weighted by molar-refractivity contribution is 5.99. The van der Waals surface area contributed by atoms with Crippen molar-refractivity contribution in [1.82, 2.24) is 63.8 Å². The average Bonchev–Trinajstić information content (AvgIpc) is 0.858. The molecule has 0 unspecified atom stereocenters. The second-order valence-electron chi connectivity index (χ2n) is 26.4. The third-order valence-corrected chi connectivity index (χ3v) is 16.7. The number of guanidine groups is 6. The van der Waals surface area contributed by atoms with Crippen molar-refractivity contribution >= 4 is 113 Å². The monoisotopic (exact) mass is 1610 g/mol. The van der Waals surface area contributed by atoms with Crippen LogP contribution in [0.5, 0.6) is 5.75 Å². The molecule has 1 rings (SSSR count). The Hall–Kier alpha value is -12.3. The predicted octanol–water partition coefficient (Wildman–Crippen LogP) is -11.5. The number of primary amides is 2. The van der Waals surface area contributed by atoms with Gasteiger partial charge < -0.3 is 155 Å². The van der Waals surface area contributed by atoms with Gasteiger partial charge in [-0.25, -0.2) is 0 Å². The predicted molar refractivity (Wildman–Crippen MR) is 428 cm³/mol. The highest BCUT2D eigenvalue weighted by atomic mass is 16.3. The maximum atomic E-state index is 14.9. The average molecular weight is 1610 g/mol. The lowest BCUT2D eigenvalue weighted by Crippen LogP contribution is -2.60. The fraction of sp³-hybridized carbons (Fsp3) is 0.627. The molecule has 0 saturated carbocycles. The summed E-state index contributed by atoms with van der Waals surface area (Å²) >= 11 is 0. The van der Waals surface area contributed by atoms with Crippen molar-refractivity contribution in [2.24, 2.45) is 116 Å². The molecule has 0 fully saturated rings. The molecular formula is C67H123N33O14. The van der Waals surface area contributed by atoms with Crippen LogP contribution in [0.25, 0.3) is 0 Å². The molecule has 0 aliphatic carbocycles. The first-order valence-electron chi connectivity index (χ1n) is 37.3. The van der Waals surface area contributed by atoms with E-state index >= 15 is 0 Å². The molecule has 0 aliphatic heterocycles. The maximum absolute atomic E-state index is 14.9. The quantitative estimate of drug-likeness (QED) is 0.0164. The number of amides is 13. The van der Waals surface area contributed by atoms with Crippen LogP contribution < -0.4 is 150 Å². The summed E-state index contributed by atoms with van der Waals surface area (Å²) in [5, 5.41) is 41.3. The lowest BCUT2D eigenvalue weighted by Gasteiger charge is -2.28. The van der Waals surface area contributed by atoms with Crippen LogP contribution in [0.3, 0.4) is 0 Å². The summed E-state index contributed by atoms with van der Waals surface area (Å²) in [7, 11) is 1.70. The Balaban J connectivity index is 3.95. The van der Waals surface area contributed by atoms with Gasteiger partial charge >= 0.3 is 0 Å². The minimum Gasteiger partial charge on any atom is -0.508 e. The van der Waals surface area contributed by atoms with Crippen LogP contribution in [0.4, 0.5) is 0 Å². The number of unbranched alkanes of at least 4 members (excludes halogenated alkanes) is 2. The molecule has 0 bridgehead atoms. The van der Waals surface area contributed by atoms with Crippen LogP contribution in [0.15, 0.2) is 54.2 Å². The molecule has 47 nitrogen and oxygen atoms in total. The van der Waals surface area contributed by atoms with E-state index < -0.39 is 157 Å². The lowest BCUT2D eigenvalue weighted by atomic mass is 10.0. The Morgan fingerprint density at radius 2 is 0.623 bits per heavy atom. The van der Waals surface area contributed by atoms with E-state index in [0.29, 0.717) is 31.4 Å². The zero-order valence-electron chi connectivity index (χ0n) is 64.9. The summed E-state index contributed by atoms with van der Waals surface area (Å²) in [4.78, 5) is 205. The number of benzene rings is 1. The van der Waals surface area contributed by atoms with E-state index in [0.717, 1.165) is 0 Å². The summed E-state index contributed by atoms with van der Waals surface area (Å²) in [6.07, 6.45) is -0.430. The van der Waals surface area contributed by atoms with Gasteiger partial charge in [0.25, 0.3) is 0 Å². The highest BCUT2D eigenvalue weighted by Gasteiger charge is 2.36. The van der Waals surface area contributed by atoms with E-state index in [2.05, 4.69) is 93.8 Å². The smallest absolute Gasteiger partial charge is 0.243 e. The van der Waals surface area contributed by atoms with Gasteiger partial charge in [-0.2, -0.15) is 0 Å². The minimum atomic E-state index is -1.73. The number of carbonyl (C=O) groups excluding carboxylic acids is 13. The van der Waals surface area contributed by atoms with Gasteiger partial charge in [0, 0.05) is 59.0 Å². The molecule has 43 N–H and O–H groups in total. The number of nitrogens with one attached hydrogen (secondary N) is 12. The van der Waals surface area contributed by atoms with Gasteiger partial charge in [0.15, 0.2) is 35.8 Å². The molecule has 640 valence electrons. The molecule has 1 aromatic carbocycles. The second-order valence-corrected chi connectivity index (χ2v) is 26.4. The summed E-state index contributed by atoms with van der Waals surface area (Å²) < 4.78 is 0. The SMILES string of the molecule is CNCCCC[C@H](NC(=O)[C@H](CCCCN)NC(=O)[C@H](CCCN=C(N)N)NC(=O)CNC(=O)[C@H](Cc1ccc(O)cc1)NC(C)=O)C(=O)N[C@@H](CCCN=C(N)N)C(=O)N[C@@H](CCCN=C(N)N)C(=O)N[C@@H](CCC(N)=O)C(=O)N[C@@H](CCCN=C(N)N)C(=O)N[C@@H](CCCN=C(N)N)C(=O)N[C@@H](CCCN=C(N)N)C(N)=O. The zero-order chi connectivity index (χ0) is 85.7. The minimum absolute atomic E-state index is 0.00193. The van der Waals surface area contributed by atoms with Crippen LogP contribution in [0.1, 0.15) is 141 Å². The van der Waals surface area contributed by atoms with Crippen LogP contribution in [-0.2, 0) is 68.7 Å². The second kappa shape index (κ2) is 56.8. The first kappa shape index (κ1) is 99.7. The fourth-order valence-corrected chi connectivity index (χ4v) is 10.9. The Labute approximate surface area is 661 Å². The topological polar surface area (TPSA) is 851 Å². The highest BCUT2D eigenvalue weighted by Crippen LogP contribution is 2.15. The summed E-state index contributed by atoms with van der Waals surface area (Å²) in [5.41, 5.74) is 84.3. The van der Waals surface area contributed by atoms with E-state index in [-0.39, 0.29) is 190 Å². The van der Waals surface area contributed by atoms with Crippen molar-refractivity contribution in [3.63, 3.8) is 0 Å².